The van der Waals surface area contributed by atoms with Crippen molar-refractivity contribution in [1.82, 2.24) is 9.62 Å². The first kappa shape index (κ1) is 16.9. The largest absolute Gasteiger partial charge is 0.335 e. The number of hydrogen-bond donors (Lipinski definition) is 1. The van der Waals surface area contributed by atoms with Crippen molar-refractivity contribution in [2.24, 2.45) is 0 Å². The van der Waals surface area contributed by atoms with Crippen molar-refractivity contribution in [2.75, 3.05) is 13.1 Å². The lowest BCUT2D eigenvalue weighted by atomic mass is 9.95. The number of hydrogen-bond acceptors (Lipinski definition) is 3. The van der Waals surface area contributed by atoms with Crippen LogP contribution in [-0.2, 0) is 14.8 Å². The zero-order chi connectivity index (χ0) is 17.2. The molecule has 1 aliphatic heterocycles. The van der Waals surface area contributed by atoms with Gasteiger partial charge in [-0.15, -0.1) is 0 Å². The molecular formula is C18H22N2O3S. The predicted molar refractivity (Wildman–Crippen MR) is 94.5 cm³/mol. The molecule has 2 fully saturated rings. The lowest BCUT2D eigenvalue weighted by molar-refractivity contribution is -0.133. The second-order valence-electron chi connectivity index (χ2n) is 6.53. The van der Waals surface area contributed by atoms with E-state index in [1.165, 1.54) is 11.6 Å². The summed E-state index contributed by atoms with van der Waals surface area (Å²) in [5, 5.41) is 1.10. The number of carbonyl (C=O) groups excluding carboxylic acids is 1. The molecule has 1 saturated heterocycles. The Kier molecular flexibility index (Phi) is 4.60. The number of nitrogens with zero attached hydrogens (tertiary/aromatic N) is 1. The number of sulfonamides is 1. The van der Waals surface area contributed by atoms with Crippen LogP contribution in [0.5, 0.6) is 0 Å². The van der Waals surface area contributed by atoms with E-state index in [0.717, 1.165) is 36.7 Å². The van der Waals surface area contributed by atoms with E-state index in [4.69, 9.17) is 0 Å². The number of benzene rings is 1. The topological polar surface area (TPSA) is 66.5 Å². The highest BCUT2D eigenvalue weighted by Gasteiger charge is 2.51. The maximum atomic E-state index is 12.4. The Balaban J connectivity index is 1.57. The van der Waals surface area contributed by atoms with Gasteiger partial charge in [0.25, 0.3) is 0 Å². The maximum Gasteiger partial charge on any atom is 0.238 e. The van der Waals surface area contributed by atoms with E-state index < -0.39 is 10.0 Å². The third kappa shape index (κ3) is 3.94. The molecule has 1 heterocycles. The Morgan fingerprint density at radius 1 is 1.29 bits per heavy atom. The molecule has 0 bridgehead atoms. The Labute approximate surface area is 143 Å². The van der Waals surface area contributed by atoms with Crippen molar-refractivity contribution >= 4 is 22.0 Å². The van der Waals surface area contributed by atoms with Crippen LogP contribution in [0.4, 0.5) is 0 Å². The van der Waals surface area contributed by atoms with Gasteiger partial charge in [-0.3, -0.25) is 4.79 Å². The van der Waals surface area contributed by atoms with Gasteiger partial charge in [0.2, 0.25) is 15.9 Å². The van der Waals surface area contributed by atoms with Crippen LogP contribution in [0.25, 0.3) is 6.08 Å². The van der Waals surface area contributed by atoms with Crippen molar-refractivity contribution < 1.29 is 13.2 Å². The number of likely N-dealkylation sites (tertiary alicyclic amines) is 1. The minimum absolute atomic E-state index is 0.0856. The summed E-state index contributed by atoms with van der Waals surface area (Å²) < 4.78 is 26.4. The van der Waals surface area contributed by atoms with Gasteiger partial charge in [0.05, 0.1) is 6.54 Å². The smallest absolute Gasteiger partial charge is 0.238 e. The standard InChI is InChI=1S/C18H22N2O3S/c1-15-7-11-20(18(13-15)9-10-18)17(21)14-19-24(22,23)12-8-16-5-3-2-4-6-16/h2-6,8,12,19H,1,7,9-11,13-14H2/b12-8+. The first-order chi connectivity index (χ1) is 11.4. The average Bonchev–Trinajstić information content (AvgIpc) is 3.31. The molecule has 3 rings (SSSR count). The zero-order valence-electron chi connectivity index (χ0n) is 13.6. The monoisotopic (exact) mass is 346 g/mol. The van der Waals surface area contributed by atoms with Gasteiger partial charge in [-0.1, -0.05) is 42.5 Å². The van der Waals surface area contributed by atoms with Gasteiger partial charge >= 0.3 is 0 Å². The fourth-order valence-corrected chi connectivity index (χ4v) is 3.93. The fraction of sp³-hybridized carbons (Fsp3) is 0.389. The van der Waals surface area contributed by atoms with E-state index >= 15 is 0 Å². The van der Waals surface area contributed by atoms with Crippen LogP contribution in [0.1, 0.15) is 31.2 Å². The number of rotatable bonds is 5. The lowest BCUT2D eigenvalue weighted by Gasteiger charge is -2.37. The van der Waals surface area contributed by atoms with Crippen molar-refractivity contribution in [3.05, 3.63) is 53.5 Å². The number of amides is 1. The summed E-state index contributed by atoms with van der Waals surface area (Å²) in [4.78, 5) is 14.3. The Morgan fingerprint density at radius 3 is 2.67 bits per heavy atom. The van der Waals surface area contributed by atoms with E-state index in [0.29, 0.717) is 6.54 Å². The number of carbonyl (C=O) groups is 1. The molecule has 6 heteroatoms. The highest BCUT2D eigenvalue weighted by atomic mass is 32.2. The minimum atomic E-state index is -3.64. The van der Waals surface area contributed by atoms with E-state index in [9.17, 15) is 13.2 Å². The molecule has 0 radical (unpaired) electrons. The van der Waals surface area contributed by atoms with E-state index in [1.807, 2.05) is 35.2 Å². The van der Waals surface area contributed by atoms with E-state index in [-0.39, 0.29) is 18.0 Å². The van der Waals surface area contributed by atoms with E-state index in [1.54, 1.807) is 0 Å². The number of nitrogens with one attached hydrogen (secondary N) is 1. The summed E-state index contributed by atoms with van der Waals surface area (Å²) >= 11 is 0. The summed E-state index contributed by atoms with van der Waals surface area (Å²) in [5.74, 6) is -0.156. The molecule has 24 heavy (non-hydrogen) atoms. The number of piperidine rings is 1. The van der Waals surface area contributed by atoms with Crippen LogP contribution in [0.2, 0.25) is 0 Å². The Morgan fingerprint density at radius 2 is 2.00 bits per heavy atom. The van der Waals surface area contributed by atoms with Crippen LogP contribution in [0, 0.1) is 0 Å². The van der Waals surface area contributed by atoms with Gasteiger partial charge in [0.1, 0.15) is 0 Å². The zero-order valence-corrected chi connectivity index (χ0v) is 14.4. The molecule has 0 aromatic heterocycles. The Hall–Kier alpha value is -1.92. The van der Waals surface area contributed by atoms with E-state index in [2.05, 4.69) is 11.3 Å². The summed E-state index contributed by atoms with van der Waals surface area (Å²) in [6, 6.07) is 9.16. The van der Waals surface area contributed by atoms with Crippen molar-refractivity contribution in [1.29, 1.82) is 0 Å². The second-order valence-corrected chi connectivity index (χ2v) is 8.18. The SMILES string of the molecule is C=C1CCN(C(=O)CNS(=O)(=O)/C=C/c2ccccc2)C2(CC2)C1. The van der Waals surface area contributed by atoms with Gasteiger partial charge in [-0.05, 0) is 37.3 Å². The van der Waals surface area contributed by atoms with Crippen molar-refractivity contribution in [2.45, 2.75) is 31.2 Å². The lowest BCUT2D eigenvalue weighted by Crippen LogP contribution is -2.49. The first-order valence-corrected chi connectivity index (χ1v) is 9.65. The molecule has 5 nitrogen and oxygen atoms in total. The fourth-order valence-electron chi connectivity index (χ4n) is 3.17. The maximum absolute atomic E-state index is 12.4. The Bertz CT molecular complexity index is 765. The van der Waals surface area contributed by atoms with Gasteiger partial charge in [-0.25, -0.2) is 13.1 Å². The van der Waals surface area contributed by atoms with Crippen LogP contribution < -0.4 is 4.72 Å². The van der Waals surface area contributed by atoms with Crippen LogP contribution in [-0.4, -0.2) is 37.9 Å². The summed E-state index contributed by atoms with van der Waals surface area (Å²) in [6.45, 7) is 4.46. The molecule has 2 aliphatic rings. The molecule has 1 aromatic carbocycles. The normalized spacial score (nSPS) is 19.8. The molecular weight excluding hydrogens is 324 g/mol. The molecule has 1 N–H and O–H groups in total. The van der Waals surface area contributed by atoms with Gasteiger partial charge in [0, 0.05) is 17.5 Å². The average molecular weight is 346 g/mol. The predicted octanol–water partition coefficient (Wildman–Crippen LogP) is 2.29. The molecule has 1 aliphatic carbocycles. The van der Waals surface area contributed by atoms with Crippen LogP contribution in [0.3, 0.4) is 0 Å². The van der Waals surface area contributed by atoms with Gasteiger partial charge in [0.15, 0.2) is 0 Å². The molecule has 1 amide bonds. The van der Waals surface area contributed by atoms with Gasteiger partial charge in [-0.2, -0.15) is 0 Å². The minimum Gasteiger partial charge on any atom is -0.335 e. The third-order valence-electron chi connectivity index (χ3n) is 4.63. The van der Waals surface area contributed by atoms with Crippen molar-refractivity contribution in [3.63, 3.8) is 0 Å². The highest BCUT2D eigenvalue weighted by molar-refractivity contribution is 7.92. The molecule has 0 atom stereocenters. The summed E-state index contributed by atoms with van der Waals surface area (Å²) in [6.07, 6.45) is 5.13. The molecule has 1 spiro atoms. The molecule has 0 unspecified atom stereocenters. The van der Waals surface area contributed by atoms with Crippen molar-refractivity contribution in [3.8, 4) is 0 Å². The van der Waals surface area contributed by atoms with Gasteiger partial charge < -0.3 is 4.90 Å². The quantitative estimate of drug-likeness (QED) is 0.832. The van der Waals surface area contributed by atoms with Crippen LogP contribution >= 0.6 is 0 Å². The first-order valence-electron chi connectivity index (χ1n) is 8.10. The molecule has 1 saturated carbocycles. The molecule has 128 valence electrons. The molecule has 1 aromatic rings. The summed E-state index contributed by atoms with van der Waals surface area (Å²) in [5.41, 5.74) is 1.89. The summed E-state index contributed by atoms with van der Waals surface area (Å²) in [7, 11) is -3.64. The third-order valence-corrected chi connectivity index (χ3v) is 5.67. The van der Waals surface area contributed by atoms with Crippen LogP contribution in [0.15, 0.2) is 47.9 Å². The highest BCUT2D eigenvalue weighted by Crippen LogP contribution is 2.49. The second kappa shape index (κ2) is 6.53.